The minimum Gasteiger partial charge on any atom is -0.489 e. The van der Waals surface area contributed by atoms with Crippen molar-refractivity contribution in [1.29, 1.82) is 0 Å². The highest BCUT2D eigenvalue weighted by Crippen LogP contribution is 2.30. The fourth-order valence-electron chi connectivity index (χ4n) is 1.09. The summed E-state index contributed by atoms with van der Waals surface area (Å²) in [6.45, 7) is 1.66. The van der Waals surface area contributed by atoms with Crippen molar-refractivity contribution in [3.8, 4) is 5.75 Å². The average Bonchev–Trinajstić information content (AvgIpc) is 2.22. The molecule has 0 saturated carbocycles. The first-order chi connectivity index (χ1) is 7.46. The largest absolute Gasteiger partial charge is 0.489 e. The quantitative estimate of drug-likeness (QED) is 0.822. The second kappa shape index (κ2) is 5.41. The van der Waals surface area contributed by atoms with Crippen molar-refractivity contribution in [3.63, 3.8) is 0 Å². The predicted octanol–water partition coefficient (Wildman–Crippen LogP) is 1.74. The van der Waals surface area contributed by atoms with Gasteiger partial charge in [0.25, 0.3) is 0 Å². The van der Waals surface area contributed by atoms with E-state index in [1.165, 1.54) is 0 Å². The summed E-state index contributed by atoms with van der Waals surface area (Å²) < 4.78 is 27.7. The van der Waals surface area contributed by atoms with Gasteiger partial charge in [-0.25, -0.2) is 8.42 Å². The number of sulfone groups is 1. The van der Waals surface area contributed by atoms with Crippen LogP contribution in [0, 0.1) is 0 Å². The van der Waals surface area contributed by atoms with Gasteiger partial charge in [-0.3, -0.25) is 0 Å². The molecule has 0 unspecified atom stereocenters. The standard InChI is InChI=1S/C10H14ClNO3S/c1-2-16(13,14)7-6-15-10-8(11)4-3-5-9(10)12/h3-5H,2,6-7,12H2,1H3. The van der Waals surface area contributed by atoms with Gasteiger partial charge in [-0.05, 0) is 12.1 Å². The van der Waals surface area contributed by atoms with Crippen molar-refractivity contribution >= 4 is 27.1 Å². The van der Waals surface area contributed by atoms with E-state index < -0.39 is 9.84 Å². The summed E-state index contributed by atoms with van der Waals surface area (Å²) in [6.07, 6.45) is 0. The van der Waals surface area contributed by atoms with Gasteiger partial charge in [-0.1, -0.05) is 24.6 Å². The van der Waals surface area contributed by atoms with Crippen LogP contribution in [0.5, 0.6) is 5.75 Å². The van der Waals surface area contributed by atoms with E-state index >= 15 is 0 Å². The summed E-state index contributed by atoms with van der Waals surface area (Å²) >= 11 is 5.86. The zero-order valence-corrected chi connectivity index (χ0v) is 10.5. The highest BCUT2D eigenvalue weighted by Gasteiger charge is 2.10. The minimum absolute atomic E-state index is 0.0336. The van der Waals surface area contributed by atoms with Crippen molar-refractivity contribution in [2.24, 2.45) is 0 Å². The summed E-state index contributed by atoms with van der Waals surface area (Å²) in [7, 11) is -3.02. The molecule has 1 aromatic rings. The molecule has 0 aliphatic carbocycles. The van der Waals surface area contributed by atoms with Gasteiger partial charge < -0.3 is 10.5 Å². The Morgan fingerprint density at radius 1 is 1.44 bits per heavy atom. The molecule has 90 valence electrons. The van der Waals surface area contributed by atoms with Gasteiger partial charge in [0.05, 0.1) is 16.5 Å². The van der Waals surface area contributed by atoms with Crippen LogP contribution in [0.4, 0.5) is 5.69 Å². The number of rotatable bonds is 5. The lowest BCUT2D eigenvalue weighted by atomic mass is 10.3. The molecule has 0 aliphatic heterocycles. The first-order valence-corrected chi connectivity index (χ1v) is 7.03. The monoisotopic (exact) mass is 263 g/mol. The van der Waals surface area contributed by atoms with Gasteiger partial charge in [-0.2, -0.15) is 0 Å². The summed E-state index contributed by atoms with van der Waals surface area (Å²) in [5.74, 6) is 0.415. The number of para-hydroxylation sites is 1. The smallest absolute Gasteiger partial charge is 0.160 e. The van der Waals surface area contributed by atoms with E-state index in [1.807, 2.05) is 0 Å². The van der Waals surface area contributed by atoms with Crippen LogP contribution in [0.2, 0.25) is 5.02 Å². The normalized spacial score (nSPS) is 11.4. The third-order valence-corrected chi connectivity index (χ3v) is 4.04. The van der Waals surface area contributed by atoms with E-state index in [-0.39, 0.29) is 18.1 Å². The average molecular weight is 264 g/mol. The molecule has 0 fully saturated rings. The van der Waals surface area contributed by atoms with E-state index in [4.69, 9.17) is 22.1 Å². The second-order valence-electron chi connectivity index (χ2n) is 3.24. The molecule has 0 radical (unpaired) electrons. The second-order valence-corrected chi connectivity index (χ2v) is 6.12. The first kappa shape index (κ1) is 13.1. The van der Waals surface area contributed by atoms with Crippen molar-refractivity contribution in [2.75, 3.05) is 23.8 Å². The maximum Gasteiger partial charge on any atom is 0.160 e. The number of hydrogen-bond donors (Lipinski definition) is 1. The van der Waals surface area contributed by atoms with E-state index in [0.717, 1.165) is 0 Å². The van der Waals surface area contributed by atoms with Crippen molar-refractivity contribution < 1.29 is 13.2 Å². The number of ether oxygens (including phenoxy) is 1. The summed E-state index contributed by atoms with van der Waals surface area (Å²) in [6, 6.07) is 4.99. The molecule has 1 aromatic carbocycles. The lowest BCUT2D eigenvalue weighted by Crippen LogP contribution is -2.16. The van der Waals surface area contributed by atoms with Gasteiger partial charge in [0.15, 0.2) is 15.6 Å². The maximum absolute atomic E-state index is 11.2. The molecule has 4 nitrogen and oxygen atoms in total. The number of halogens is 1. The predicted molar refractivity (Wildman–Crippen MR) is 65.7 cm³/mol. The van der Waals surface area contributed by atoms with Gasteiger partial charge in [0.1, 0.15) is 6.61 Å². The summed E-state index contributed by atoms with van der Waals surface area (Å²) in [5.41, 5.74) is 6.05. The topological polar surface area (TPSA) is 69.4 Å². The highest BCUT2D eigenvalue weighted by molar-refractivity contribution is 7.91. The summed E-state index contributed by atoms with van der Waals surface area (Å²) in [5, 5.41) is 0.383. The zero-order valence-electron chi connectivity index (χ0n) is 8.94. The number of hydrogen-bond acceptors (Lipinski definition) is 4. The molecule has 0 spiro atoms. The van der Waals surface area contributed by atoms with Crippen LogP contribution < -0.4 is 10.5 Å². The molecular weight excluding hydrogens is 250 g/mol. The van der Waals surface area contributed by atoms with Crippen LogP contribution in [0.3, 0.4) is 0 Å². The Balaban J connectivity index is 2.62. The molecule has 0 aliphatic rings. The number of nitrogen functional groups attached to an aromatic ring is 1. The number of nitrogens with two attached hydrogens (primary N) is 1. The first-order valence-electron chi connectivity index (χ1n) is 4.83. The van der Waals surface area contributed by atoms with Crippen molar-refractivity contribution in [1.82, 2.24) is 0 Å². The van der Waals surface area contributed by atoms with Crippen LogP contribution in [0.1, 0.15) is 6.92 Å². The van der Waals surface area contributed by atoms with E-state index in [2.05, 4.69) is 0 Å². The van der Waals surface area contributed by atoms with Crippen LogP contribution in [0.25, 0.3) is 0 Å². The Bertz CT molecular complexity index is 439. The lowest BCUT2D eigenvalue weighted by Gasteiger charge is -2.10. The SMILES string of the molecule is CCS(=O)(=O)CCOc1c(N)cccc1Cl. The van der Waals surface area contributed by atoms with Crippen LogP contribution in [-0.2, 0) is 9.84 Å². The van der Waals surface area contributed by atoms with Crippen LogP contribution in [-0.4, -0.2) is 26.5 Å². The Kier molecular flexibility index (Phi) is 4.44. The Hall–Kier alpha value is -0.940. The number of benzene rings is 1. The maximum atomic E-state index is 11.2. The highest BCUT2D eigenvalue weighted by atomic mass is 35.5. The van der Waals surface area contributed by atoms with E-state index in [1.54, 1.807) is 25.1 Å². The fourth-order valence-corrected chi connectivity index (χ4v) is 1.96. The Morgan fingerprint density at radius 2 is 2.12 bits per heavy atom. The van der Waals surface area contributed by atoms with Crippen molar-refractivity contribution in [3.05, 3.63) is 23.2 Å². The van der Waals surface area contributed by atoms with Crippen LogP contribution in [0.15, 0.2) is 18.2 Å². The molecule has 0 atom stereocenters. The third-order valence-electron chi connectivity index (χ3n) is 2.08. The number of anilines is 1. The van der Waals surface area contributed by atoms with Gasteiger partial charge >= 0.3 is 0 Å². The molecule has 16 heavy (non-hydrogen) atoms. The molecule has 2 N–H and O–H groups in total. The Morgan fingerprint density at radius 3 is 2.69 bits per heavy atom. The van der Waals surface area contributed by atoms with Crippen molar-refractivity contribution in [2.45, 2.75) is 6.92 Å². The van der Waals surface area contributed by atoms with E-state index in [0.29, 0.717) is 16.5 Å². The molecule has 1 rings (SSSR count). The molecule has 0 amide bonds. The minimum atomic E-state index is -3.02. The van der Waals surface area contributed by atoms with Gasteiger partial charge in [0.2, 0.25) is 0 Å². The zero-order chi connectivity index (χ0) is 12.2. The fraction of sp³-hybridized carbons (Fsp3) is 0.400. The molecule has 6 heteroatoms. The molecule has 0 bridgehead atoms. The molecular formula is C10H14ClNO3S. The van der Waals surface area contributed by atoms with Crippen LogP contribution >= 0.6 is 11.6 Å². The molecule has 0 saturated heterocycles. The lowest BCUT2D eigenvalue weighted by molar-refractivity contribution is 0.343. The molecule has 0 heterocycles. The van der Waals surface area contributed by atoms with Gasteiger partial charge in [0, 0.05) is 5.75 Å². The van der Waals surface area contributed by atoms with E-state index in [9.17, 15) is 8.42 Å². The summed E-state index contributed by atoms with van der Waals surface area (Å²) in [4.78, 5) is 0. The Labute approximate surface area is 100 Å². The third kappa shape index (κ3) is 3.57. The molecule has 0 aromatic heterocycles. The van der Waals surface area contributed by atoms with Gasteiger partial charge in [-0.15, -0.1) is 0 Å².